The molecule has 2 aromatic heterocycles. The summed E-state index contributed by atoms with van der Waals surface area (Å²) in [6, 6.07) is 6.11. The lowest BCUT2D eigenvalue weighted by Gasteiger charge is -2.27. The van der Waals surface area contributed by atoms with Crippen molar-refractivity contribution in [3.8, 4) is 0 Å². The summed E-state index contributed by atoms with van der Waals surface area (Å²) in [5.41, 5.74) is 0.640. The molecule has 94 valence electrons. The van der Waals surface area contributed by atoms with Gasteiger partial charge in [0.2, 0.25) is 0 Å². The summed E-state index contributed by atoms with van der Waals surface area (Å²) in [5, 5.41) is 21.1. The molecule has 2 heterocycles. The number of carboxylic acid groups (broad SMARTS) is 1. The molecule has 1 unspecified atom stereocenters. The molecular weight excluding hydrogens is 252 g/mol. The Balaban J connectivity index is 2.44. The van der Waals surface area contributed by atoms with Gasteiger partial charge in [-0.15, -0.1) is 11.3 Å². The quantitative estimate of drug-likeness (QED) is 0.860. The van der Waals surface area contributed by atoms with Crippen LogP contribution in [0.4, 0.5) is 10.7 Å². The molecule has 0 spiro atoms. The second-order valence-corrected chi connectivity index (χ2v) is 4.50. The normalized spacial score (nSPS) is 12.1. The van der Waals surface area contributed by atoms with E-state index in [0.29, 0.717) is 5.69 Å². The van der Waals surface area contributed by atoms with E-state index < -0.39 is 18.6 Å². The number of carboxylic acids is 1. The Bertz CT molecular complexity index is 501. The van der Waals surface area contributed by atoms with Crippen LogP contribution < -0.4 is 4.90 Å². The maximum absolute atomic E-state index is 11.2. The smallest absolute Gasteiger partial charge is 0.329 e. The van der Waals surface area contributed by atoms with Gasteiger partial charge in [-0.1, -0.05) is 0 Å². The molecule has 18 heavy (non-hydrogen) atoms. The number of aliphatic hydroxyl groups excluding tert-OH is 1. The zero-order valence-corrected chi connectivity index (χ0v) is 10.2. The number of anilines is 2. The SMILES string of the molecule is O=C(O)C(CO)N(c1cccnc1)c1cccs1. The van der Waals surface area contributed by atoms with Gasteiger partial charge in [-0.05, 0) is 29.6 Å². The molecule has 5 nitrogen and oxygen atoms in total. The predicted octanol–water partition coefficient (Wildman–Crippen LogP) is 1.73. The molecule has 0 saturated heterocycles. The molecule has 1 atom stereocenters. The number of rotatable bonds is 5. The highest BCUT2D eigenvalue weighted by Crippen LogP contribution is 2.31. The van der Waals surface area contributed by atoms with E-state index in [1.54, 1.807) is 29.4 Å². The van der Waals surface area contributed by atoms with Crippen LogP contribution in [0.3, 0.4) is 0 Å². The monoisotopic (exact) mass is 264 g/mol. The average Bonchev–Trinajstić information content (AvgIpc) is 2.89. The summed E-state index contributed by atoms with van der Waals surface area (Å²) >= 11 is 1.41. The van der Waals surface area contributed by atoms with Crippen molar-refractivity contribution in [2.24, 2.45) is 0 Å². The van der Waals surface area contributed by atoms with Crippen LogP contribution in [0.1, 0.15) is 0 Å². The highest BCUT2D eigenvalue weighted by Gasteiger charge is 2.27. The lowest BCUT2D eigenvalue weighted by molar-refractivity contribution is -0.139. The number of carbonyl (C=O) groups is 1. The highest BCUT2D eigenvalue weighted by molar-refractivity contribution is 7.14. The predicted molar refractivity (Wildman–Crippen MR) is 69.2 cm³/mol. The van der Waals surface area contributed by atoms with Gasteiger partial charge >= 0.3 is 5.97 Å². The van der Waals surface area contributed by atoms with Crippen LogP contribution in [-0.2, 0) is 4.79 Å². The van der Waals surface area contributed by atoms with Gasteiger partial charge < -0.3 is 15.1 Å². The molecular formula is C12H12N2O3S. The van der Waals surface area contributed by atoms with Gasteiger partial charge in [-0.3, -0.25) is 4.98 Å². The van der Waals surface area contributed by atoms with Crippen LogP contribution in [0.15, 0.2) is 42.0 Å². The van der Waals surface area contributed by atoms with Crippen LogP contribution in [0.25, 0.3) is 0 Å². The minimum atomic E-state index is -1.07. The molecule has 6 heteroatoms. The van der Waals surface area contributed by atoms with Crippen molar-refractivity contribution in [3.05, 3.63) is 42.0 Å². The van der Waals surface area contributed by atoms with E-state index in [1.165, 1.54) is 11.3 Å². The van der Waals surface area contributed by atoms with Crippen molar-refractivity contribution < 1.29 is 15.0 Å². The molecule has 0 aliphatic rings. The number of aromatic nitrogens is 1. The van der Waals surface area contributed by atoms with Crippen LogP contribution in [0, 0.1) is 0 Å². The number of nitrogens with zero attached hydrogens (tertiary/aromatic N) is 2. The van der Waals surface area contributed by atoms with Crippen molar-refractivity contribution in [1.29, 1.82) is 0 Å². The molecule has 0 amide bonds. The van der Waals surface area contributed by atoms with E-state index in [4.69, 9.17) is 0 Å². The topological polar surface area (TPSA) is 73.7 Å². The van der Waals surface area contributed by atoms with Gasteiger partial charge in [0.05, 0.1) is 23.5 Å². The molecule has 0 aliphatic heterocycles. The second-order valence-electron chi connectivity index (χ2n) is 3.57. The maximum Gasteiger partial charge on any atom is 0.329 e. The summed E-state index contributed by atoms with van der Waals surface area (Å²) in [4.78, 5) is 16.8. The van der Waals surface area contributed by atoms with E-state index in [-0.39, 0.29) is 0 Å². The Labute approximate surface area is 108 Å². The van der Waals surface area contributed by atoms with Gasteiger partial charge in [0.25, 0.3) is 0 Å². The van der Waals surface area contributed by atoms with Gasteiger partial charge in [-0.2, -0.15) is 0 Å². The van der Waals surface area contributed by atoms with E-state index in [2.05, 4.69) is 4.98 Å². The summed E-state index contributed by atoms with van der Waals surface area (Å²) in [6.07, 6.45) is 3.19. The van der Waals surface area contributed by atoms with Crippen LogP contribution in [0.5, 0.6) is 0 Å². The maximum atomic E-state index is 11.2. The number of aliphatic carboxylic acids is 1. The summed E-state index contributed by atoms with van der Waals surface area (Å²) < 4.78 is 0. The summed E-state index contributed by atoms with van der Waals surface area (Å²) in [6.45, 7) is -0.470. The first-order valence-electron chi connectivity index (χ1n) is 5.30. The Morgan fingerprint density at radius 2 is 2.28 bits per heavy atom. The van der Waals surface area contributed by atoms with Crippen molar-refractivity contribution in [2.75, 3.05) is 11.5 Å². The third-order valence-electron chi connectivity index (χ3n) is 2.44. The Hall–Kier alpha value is -1.92. The first kappa shape index (κ1) is 12.5. The molecule has 0 aromatic carbocycles. The molecule has 2 rings (SSSR count). The van der Waals surface area contributed by atoms with Crippen LogP contribution in [0.2, 0.25) is 0 Å². The fourth-order valence-electron chi connectivity index (χ4n) is 1.63. The minimum absolute atomic E-state index is 0.470. The first-order valence-corrected chi connectivity index (χ1v) is 6.18. The number of thiophene rings is 1. The van der Waals surface area contributed by atoms with Gasteiger partial charge in [0.1, 0.15) is 0 Å². The summed E-state index contributed by atoms with van der Waals surface area (Å²) in [5.74, 6) is -1.07. The molecule has 0 radical (unpaired) electrons. The molecule has 0 aliphatic carbocycles. The molecule has 2 aromatic rings. The van der Waals surface area contributed by atoms with Crippen molar-refractivity contribution in [3.63, 3.8) is 0 Å². The number of pyridine rings is 1. The van der Waals surface area contributed by atoms with Crippen molar-refractivity contribution in [2.45, 2.75) is 6.04 Å². The second kappa shape index (κ2) is 5.61. The zero-order valence-electron chi connectivity index (χ0n) is 9.43. The van der Waals surface area contributed by atoms with Gasteiger partial charge in [-0.25, -0.2) is 4.79 Å². The Morgan fingerprint density at radius 1 is 1.44 bits per heavy atom. The third-order valence-corrected chi connectivity index (χ3v) is 3.30. The van der Waals surface area contributed by atoms with E-state index in [0.717, 1.165) is 5.00 Å². The van der Waals surface area contributed by atoms with Crippen LogP contribution in [-0.4, -0.2) is 33.8 Å². The highest BCUT2D eigenvalue weighted by atomic mass is 32.1. The van der Waals surface area contributed by atoms with Crippen molar-refractivity contribution >= 4 is 28.0 Å². The number of hydrogen-bond acceptors (Lipinski definition) is 5. The standard InChI is InChI=1S/C12H12N2O3S/c15-8-10(12(16)17)14(11-4-2-6-18-11)9-3-1-5-13-7-9/h1-7,10,15H,8H2,(H,16,17). The first-order chi connectivity index (χ1) is 8.74. The van der Waals surface area contributed by atoms with Gasteiger partial charge in [0.15, 0.2) is 6.04 Å². The number of aliphatic hydroxyl groups is 1. The van der Waals surface area contributed by atoms with Crippen molar-refractivity contribution in [1.82, 2.24) is 4.98 Å². The van der Waals surface area contributed by atoms with E-state index in [9.17, 15) is 15.0 Å². The van der Waals surface area contributed by atoms with E-state index >= 15 is 0 Å². The lowest BCUT2D eigenvalue weighted by Crippen LogP contribution is -2.40. The number of hydrogen-bond donors (Lipinski definition) is 2. The fourth-order valence-corrected chi connectivity index (χ4v) is 2.43. The van der Waals surface area contributed by atoms with E-state index in [1.807, 2.05) is 17.5 Å². The summed E-state index contributed by atoms with van der Waals surface area (Å²) in [7, 11) is 0. The fraction of sp³-hybridized carbons (Fsp3) is 0.167. The largest absolute Gasteiger partial charge is 0.480 e. The lowest BCUT2D eigenvalue weighted by atomic mass is 10.2. The van der Waals surface area contributed by atoms with Crippen LogP contribution >= 0.6 is 11.3 Å². The average molecular weight is 264 g/mol. The Kier molecular flexibility index (Phi) is 3.91. The van der Waals surface area contributed by atoms with Gasteiger partial charge in [0, 0.05) is 6.20 Å². The molecule has 0 saturated carbocycles. The third kappa shape index (κ3) is 2.49. The molecule has 2 N–H and O–H groups in total. The minimum Gasteiger partial charge on any atom is -0.480 e. The molecule has 0 bridgehead atoms. The zero-order chi connectivity index (χ0) is 13.0. The Morgan fingerprint density at radius 3 is 2.78 bits per heavy atom. The molecule has 0 fully saturated rings.